The molecular formula is C30H29F3N6OS. The highest BCUT2D eigenvalue weighted by Crippen LogP contribution is 2.34. The van der Waals surface area contributed by atoms with Gasteiger partial charge in [-0.1, -0.05) is 53.7 Å². The fourth-order valence-electron chi connectivity index (χ4n) is 4.84. The van der Waals surface area contributed by atoms with Crippen LogP contribution >= 0.6 is 11.8 Å². The van der Waals surface area contributed by atoms with E-state index in [4.69, 9.17) is 0 Å². The molecule has 0 amide bonds. The van der Waals surface area contributed by atoms with Crippen LogP contribution in [-0.4, -0.2) is 44.3 Å². The number of aryl methyl sites for hydroxylation is 3. The van der Waals surface area contributed by atoms with Crippen molar-refractivity contribution < 1.29 is 17.9 Å². The van der Waals surface area contributed by atoms with Gasteiger partial charge in [-0.2, -0.15) is 5.10 Å². The molecule has 3 aromatic carbocycles. The topological polar surface area (TPSA) is 67.9 Å². The third-order valence-corrected chi connectivity index (χ3v) is 7.61. The number of rotatable bonds is 6. The highest BCUT2D eigenvalue weighted by atomic mass is 32.2. The first-order valence-corrected chi connectivity index (χ1v) is 14.0. The molecular weight excluding hydrogens is 549 g/mol. The normalized spacial score (nSPS) is 17.0. The number of nitrogens with zero attached hydrogens (tertiary/aromatic N) is 6. The smallest absolute Gasteiger partial charge is 0.406 e. The van der Waals surface area contributed by atoms with Gasteiger partial charge in [-0.05, 0) is 75.1 Å². The molecule has 1 aromatic heterocycles. The van der Waals surface area contributed by atoms with Crippen LogP contribution in [0.5, 0.6) is 5.75 Å². The second kappa shape index (κ2) is 11.8. The van der Waals surface area contributed by atoms with Gasteiger partial charge in [0.2, 0.25) is 0 Å². The lowest BCUT2D eigenvalue weighted by Crippen LogP contribution is -2.42. The van der Waals surface area contributed by atoms with Gasteiger partial charge in [0.25, 0.3) is 0 Å². The zero-order valence-corrected chi connectivity index (χ0v) is 23.9. The zero-order chi connectivity index (χ0) is 29.1. The molecule has 7 nitrogen and oxygen atoms in total. The van der Waals surface area contributed by atoms with Crippen LogP contribution in [0, 0.1) is 20.8 Å². The second-order valence-electron chi connectivity index (χ2n) is 9.91. The standard InChI is InChI=1S/C30H29F3N6OS/c1-19-15-20(2)27(21(3)16-19)39-22(4)13-14-41-29(39)36-35-17-23-5-7-24(8-6-23)28-34-18-38(37-28)25-9-11-26(12-10-25)40-30(31,32)33/h5-12,15-18,22H,13-14H2,1-4H3. The molecule has 1 unspecified atom stereocenters. The van der Waals surface area contributed by atoms with E-state index in [0.29, 0.717) is 17.6 Å². The van der Waals surface area contributed by atoms with E-state index < -0.39 is 6.36 Å². The molecule has 5 rings (SSSR count). The third kappa shape index (κ3) is 6.79. The molecule has 41 heavy (non-hydrogen) atoms. The molecule has 0 N–H and O–H groups in total. The van der Waals surface area contributed by atoms with Gasteiger partial charge in [-0.25, -0.2) is 9.67 Å². The Kier molecular flexibility index (Phi) is 8.16. The van der Waals surface area contributed by atoms with Crippen LogP contribution in [0.2, 0.25) is 0 Å². The Labute approximate surface area is 240 Å². The van der Waals surface area contributed by atoms with Gasteiger partial charge in [0.05, 0.1) is 11.9 Å². The number of aromatic nitrogens is 3. The maximum Gasteiger partial charge on any atom is 0.573 e. The quantitative estimate of drug-likeness (QED) is 0.175. The first kappa shape index (κ1) is 28.4. The lowest BCUT2D eigenvalue weighted by molar-refractivity contribution is -0.274. The molecule has 212 valence electrons. The van der Waals surface area contributed by atoms with Gasteiger partial charge in [-0.3, -0.25) is 0 Å². The van der Waals surface area contributed by atoms with Crippen molar-refractivity contribution in [2.45, 2.75) is 46.5 Å². The summed E-state index contributed by atoms with van der Waals surface area (Å²) in [5.74, 6) is 1.18. The molecule has 1 saturated heterocycles. The van der Waals surface area contributed by atoms with Gasteiger partial charge in [0, 0.05) is 23.0 Å². The van der Waals surface area contributed by atoms with E-state index in [-0.39, 0.29) is 5.75 Å². The minimum absolute atomic E-state index is 0.298. The first-order valence-electron chi connectivity index (χ1n) is 13.1. The molecule has 1 atom stereocenters. The van der Waals surface area contributed by atoms with Crippen LogP contribution in [0.15, 0.2) is 77.2 Å². The summed E-state index contributed by atoms with van der Waals surface area (Å²) in [7, 11) is 0. The van der Waals surface area contributed by atoms with Crippen molar-refractivity contribution >= 4 is 28.8 Å². The van der Waals surface area contributed by atoms with Gasteiger partial charge >= 0.3 is 6.36 Å². The summed E-state index contributed by atoms with van der Waals surface area (Å²) in [5, 5.41) is 14.4. The van der Waals surface area contributed by atoms with Gasteiger partial charge in [-0.15, -0.1) is 23.4 Å². The summed E-state index contributed by atoms with van der Waals surface area (Å²) >= 11 is 1.72. The summed E-state index contributed by atoms with van der Waals surface area (Å²) < 4.78 is 42.6. The average molecular weight is 579 g/mol. The Morgan fingerprint density at radius 3 is 2.34 bits per heavy atom. The lowest BCUT2D eigenvalue weighted by atomic mass is 10.0. The maximum atomic E-state index is 12.4. The summed E-state index contributed by atoms with van der Waals surface area (Å²) in [6.45, 7) is 8.63. The molecule has 1 aliphatic heterocycles. The predicted octanol–water partition coefficient (Wildman–Crippen LogP) is 7.48. The molecule has 0 aliphatic carbocycles. The molecule has 0 saturated carbocycles. The van der Waals surface area contributed by atoms with Gasteiger partial charge in [0.1, 0.15) is 12.1 Å². The van der Waals surface area contributed by atoms with Crippen molar-refractivity contribution in [3.05, 3.63) is 89.2 Å². The Morgan fingerprint density at radius 2 is 1.68 bits per heavy atom. The van der Waals surface area contributed by atoms with Crippen molar-refractivity contribution in [2.24, 2.45) is 10.2 Å². The molecule has 1 fully saturated rings. The number of halogens is 3. The molecule has 4 aromatic rings. The Morgan fingerprint density at radius 1 is 1.00 bits per heavy atom. The summed E-state index contributed by atoms with van der Waals surface area (Å²) in [4.78, 5) is 6.64. The lowest BCUT2D eigenvalue weighted by Gasteiger charge is -2.37. The highest BCUT2D eigenvalue weighted by molar-refractivity contribution is 8.14. The van der Waals surface area contributed by atoms with Crippen molar-refractivity contribution in [1.82, 2.24) is 14.8 Å². The minimum atomic E-state index is -4.74. The van der Waals surface area contributed by atoms with Crippen LogP contribution < -0.4 is 9.64 Å². The Balaban J connectivity index is 1.29. The Hall–Kier alpha value is -4.12. The van der Waals surface area contributed by atoms with Crippen LogP contribution in [0.25, 0.3) is 17.1 Å². The van der Waals surface area contributed by atoms with Crippen molar-refractivity contribution in [3.63, 3.8) is 0 Å². The molecule has 0 bridgehead atoms. The zero-order valence-electron chi connectivity index (χ0n) is 23.1. The largest absolute Gasteiger partial charge is 0.573 e. The molecule has 2 heterocycles. The second-order valence-corrected chi connectivity index (χ2v) is 11.0. The van der Waals surface area contributed by atoms with E-state index in [2.05, 4.69) is 69.7 Å². The van der Waals surface area contributed by atoms with E-state index in [9.17, 15) is 13.2 Å². The monoisotopic (exact) mass is 578 g/mol. The van der Waals surface area contributed by atoms with E-state index in [1.807, 2.05) is 24.3 Å². The SMILES string of the molecule is Cc1cc(C)c(N2C(=NN=Cc3ccc(-c4ncn(-c5ccc(OC(F)(F)F)cc5)n4)cc3)SCCC2C)c(C)c1. The first-order chi connectivity index (χ1) is 19.6. The number of thioether (sulfide) groups is 1. The average Bonchev–Trinajstić information content (AvgIpc) is 3.40. The molecule has 1 aliphatic rings. The number of amidine groups is 1. The van der Waals surface area contributed by atoms with E-state index in [1.165, 1.54) is 57.7 Å². The number of ether oxygens (including phenoxy) is 1. The number of hydrogen-bond acceptors (Lipinski definition) is 6. The maximum absolute atomic E-state index is 12.4. The van der Waals surface area contributed by atoms with Gasteiger partial charge in [0.15, 0.2) is 11.0 Å². The number of benzene rings is 3. The van der Waals surface area contributed by atoms with Crippen molar-refractivity contribution in [1.29, 1.82) is 0 Å². The fourth-order valence-corrected chi connectivity index (χ4v) is 5.99. The van der Waals surface area contributed by atoms with E-state index in [1.54, 1.807) is 18.0 Å². The predicted molar refractivity (Wildman–Crippen MR) is 158 cm³/mol. The van der Waals surface area contributed by atoms with E-state index >= 15 is 0 Å². The molecule has 0 spiro atoms. The summed E-state index contributed by atoms with van der Waals surface area (Å²) in [6.07, 6.45) is -0.435. The summed E-state index contributed by atoms with van der Waals surface area (Å²) in [5.41, 5.74) is 7.13. The number of hydrogen-bond donors (Lipinski definition) is 0. The fraction of sp³-hybridized carbons (Fsp3) is 0.267. The van der Waals surface area contributed by atoms with Crippen molar-refractivity contribution in [2.75, 3.05) is 10.7 Å². The van der Waals surface area contributed by atoms with Crippen LogP contribution in [0.3, 0.4) is 0 Å². The third-order valence-electron chi connectivity index (χ3n) is 6.64. The van der Waals surface area contributed by atoms with Crippen LogP contribution in [-0.2, 0) is 0 Å². The van der Waals surface area contributed by atoms with Crippen molar-refractivity contribution in [3.8, 4) is 22.8 Å². The molecule has 0 radical (unpaired) electrons. The minimum Gasteiger partial charge on any atom is -0.406 e. The highest BCUT2D eigenvalue weighted by Gasteiger charge is 2.31. The number of anilines is 1. The van der Waals surface area contributed by atoms with Crippen LogP contribution in [0.1, 0.15) is 35.6 Å². The van der Waals surface area contributed by atoms with Gasteiger partial charge < -0.3 is 9.64 Å². The van der Waals surface area contributed by atoms with E-state index in [0.717, 1.165) is 28.5 Å². The summed E-state index contributed by atoms with van der Waals surface area (Å²) in [6, 6.07) is 17.8. The van der Waals surface area contributed by atoms with Crippen LogP contribution in [0.4, 0.5) is 18.9 Å². The number of alkyl halides is 3. The Bertz CT molecular complexity index is 1560. The molecule has 11 heteroatoms.